The highest BCUT2D eigenvalue weighted by atomic mass is 35.5. The minimum Gasteiger partial charge on any atom is -0.504 e. The molecule has 1 spiro atoms. The maximum atomic E-state index is 14.0. The number of amides is 1. The molecule has 7 rings (SSSR count). The summed E-state index contributed by atoms with van der Waals surface area (Å²) in [7, 11) is 0. The van der Waals surface area contributed by atoms with Gasteiger partial charge in [0, 0.05) is 24.7 Å². The number of hydrogen-bond donors (Lipinski definition) is 2. The highest BCUT2D eigenvalue weighted by Crippen LogP contribution is 2.66. The standard InChI is InChI=1S/C32H38Cl2N2O4/c1-18(2)16-36(27(38)14-20-5-7-22(33)23(34)13-20)24-9-10-32(39)26-15-21-6-8-25(37)29-28(21)31(32,30(24)40-29)11-12-35(26)17-19-3-4-19/h5-8,13,18-19,24,26,30,37,39H,3-4,9-12,14-17H2,1-2H3/t24?,26-,30?,31+,32-/m1/s1. The lowest BCUT2D eigenvalue weighted by molar-refractivity contribution is -0.202. The molecule has 2 aromatic rings. The number of likely N-dealkylation sites (tertiary alicyclic amines) is 1. The molecule has 2 aliphatic heterocycles. The van der Waals surface area contributed by atoms with Gasteiger partial charge in [-0.1, -0.05) is 49.2 Å². The van der Waals surface area contributed by atoms with Crippen LogP contribution < -0.4 is 4.74 Å². The quantitative estimate of drug-likeness (QED) is 0.458. The summed E-state index contributed by atoms with van der Waals surface area (Å²) in [6, 6.07) is 8.92. The Labute approximate surface area is 246 Å². The number of rotatable bonds is 7. The molecule has 1 saturated heterocycles. The first kappa shape index (κ1) is 26.9. The van der Waals surface area contributed by atoms with Crippen LogP contribution in [0.5, 0.6) is 11.5 Å². The Morgan fingerprint density at radius 2 is 1.95 bits per heavy atom. The van der Waals surface area contributed by atoms with Gasteiger partial charge in [0.05, 0.1) is 33.5 Å². The van der Waals surface area contributed by atoms with Crippen LogP contribution in [0.15, 0.2) is 30.3 Å². The highest BCUT2D eigenvalue weighted by Gasteiger charge is 2.73. The van der Waals surface area contributed by atoms with Gasteiger partial charge in [-0.25, -0.2) is 0 Å². The number of ether oxygens (including phenoxy) is 1. The van der Waals surface area contributed by atoms with Crippen LogP contribution in [0.1, 0.15) is 62.6 Å². The van der Waals surface area contributed by atoms with Crippen LogP contribution in [0.3, 0.4) is 0 Å². The van der Waals surface area contributed by atoms with E-state index in [1.54, 1.807) is 18.2 Å². The Balaban J connectivity index is 1.28. The molecule has 40 heavy (non-hydrogen) atoms. The smallest absolute Gasteiger partial charge is 0.227 e. The van der Waals surface area contributed by atoms with Gasteiger partial charge in [0.2, 0.25) is 5.91 Å². The molecule has 2 N–H and O–H groups in total. The number of aromatic hydroxyl groups is 1. The van der Waals surface area contributed by atoms with E-state index in [0.29, 0.717) is 35.2 Å². The van der Waals surface area contributed by atoms with Gasteiger partial charge in [-0.15, -0.1) is 0 Å². The van der Waals surface area contributed by atoms with Gasteiger partial charge < -0.3 is 19.8 Å². The van der Waals surface area contributed by atoms with Crippen molar-refractivity contribution in [2.24, 2.45) is 11.8 Å². The Morgan fingerprint density at radius 1 is 1.15 bits per heavy atom. The van der Waals surface area contributed by atoms with Gasteiger partial charge in [-0.05, 0) is 86.2 Å². The van der Waals surface area contributed by atoms with Crippen molar-refractivity contribution < 1.29 is 19.7 Å². The average Bonchev–Trinajstić information content (AvgIpc) is 3.65. The number of halogens is 2. The number of carbonyl (C=O) groups excluding carboxylic acids is 1. The molecule has 3 aliphatic carbocycles. The molecule has 0 aromatic heterocycles. The molecular weight excluding hydrogens is 547 g/mol. The van der Waals surface area contributed by atoms with E-state index in [1.165, 1.54) is 18.4 Å². The number of benzene rings is 2. The van der Waals surface area contributed by atoms with Gasteiger partial charge in [0.25, 0.3) is 0 Å². The molecule has 6 nitrogen and oxygen atoms in total. The second kappa shape index (κ2) is 9.52. The Morgan fingerprint density at radius 3 is 2.67 bits per heavy atom. The summed E-state index contributed by atoms with van der Waals surface area (Å²) < 4.78 is 6.75. The van der Waals surface area contributed by atoms with Gasteiger partial charge in [0.15, 0.2) is 11.5 Å². The normalized spacial score (nSPS) is 32.1. The van der Waals surface area contributed by atoms with Crippen molar-refractivity contribution in [2.75, 3.05) is 19.6 Å². The fourth-order valence-corrected chi connectivity index (χ4v) is 8.84. The molecule has 0 radical (unpaired) electrons. The lowest BCUT2D eigenvalue weighted by Gasteiger charge is -2.65. The SMILES string of the molecule is CC(C)CN(C(=O)Cc1ccc(Cl)c(Cl)c1)C1CC[C@@]2(O)[C@H]3Cc4ccc(O)c5c4[C@@]2(CCN3CC2CC2)C1O5. The zero-order valence-electron chi connectivity index (χ0n) is 23.2. The molecule has 2 heterocycles. The van der Waals surface area contributed by atoms with Crippen LogP contribution in [0, 0.1) is 11.8 Å². The molecular formula is C32H38Cl2N2O4. The first-order valence-corrected chi connectivity index (χ1v) is 15.6. The number of piperidine rings is 1. The minimum absolute atomic E-state index is 0.0152. The third-order valence-electron chi connectivity index (χ3n) is 10.4. The summed E-state index contributed by atoms with van der Waals surface area (Å²) in [5, 5.41) is 24.7. The van der Waals surface area contributed by atoms with Crippen LogP contribution in [0.4, 0.5) is 0 Å². The minimum atomic E-state index is -0.969. The topological polar surface area (TPSA) is 73.2 Å². The van der Waals surface area contributed by atoms with Crippen molar-refractivity contribution in [3.8, 4) is 11.5 Å². The zero-order chi connectivity index (χ0) is 28.0. The fraction of sp³-hybridized carbons (Fsp3) is 0.594. The Kier molecular flexibility index (Phi) is 6.40. The average molecular weight is 586 g/mol. The highest BCUT2D eigenvalue weighted by molar-refractivity contribution is 6.42. The molecule has 5 atom stereocenters. The largest absolute Gasteiger partial charge is 0.504 e. The second-order valence-electron chi connectivity index (χ2n) is 13.3. The summed E-state index contributed by atoms with van der Waals surface area (Å²) in [6.45, 7) is 6.77. The van der Waals surface area contributed by atoms with Crippen molar-refractivity contribution in [3.05, 3.63) is 57.1 Å². The maximum absolute atomic E-state index is 14.0. The zero-order valence-corrected chi connectivity index (χ0v) is 24.7. The molecule has 1 amide bonds. The van der Waals surface area contributed by atoms with E-state index in [1.807, 2.05) is 17.0 Å². The molecule has 2 bridgehead atoms. The van der Waals surface area contributed by atoms with Crippen molar-refractivity contribution >= 4 is 29.1 Å². The number of hydrogen-bond acceptors (Lipinski definition) is 5. The third kappa shape index (κ3) is 3.93. The number of nitrogens with zero attached hydrogens (tertiary/aromatic N) is 2. The number of phenols is 1. The van der Waals surface area contributed by atoms with Gasteiger partial charge in [-0.2, -0.15) is 0 Å². The molecule has 8 heteroatoms. The van der Waals surface area contributed by atoms with E-state index in [-0.39, 0.29) is 36.1 Å². The van der Waals surface area contributed by atoms with Gasteiger partial charge >= 0.3 is 0 Å². The Bertz CT molecular complexity index is 1360. The summed E-state index contributed by atoms with van der Waals surface area (Å²) in [5.74, 6) is 1.65. The maximum Gasteiger partial charge on any atom is 0.227 e. The van der Waals surface area contributed by atoms with Crippen LogP contribution in [-0.4, -0.2) is 69.3 Å². The number of phenolic OH excluding ortho intramolecular Hbond substituents is 1. The lowest BCUT2D eigenvalue weighted by Crippen LogP contribution is -2.78. The van der Waals surface area contributed by atoms with Crippen LogP contribution >= 0.6 is 23.2 Å². The summed E-state index contributed by atoms with van der Waals surface area (Å²) >= 11 is 12.4. The number of carbonyl (C=O) groups is 1. The summed E-state index contributed by atoms with van der Waals surface area (Å²) in [4.78, 5) is 18.6. The van der Waals surface area contributed by atoms with E-state index >= 15 is 0 Å². The van der Waals surface area contributed by atoms with Crippen molar-refractivity contribution in [1.29, 1.82) is 0 Å². The van der Waals surface area contributed by atoms with Crippen molar-refractivity contribution in [3.63, 3.8) is 0 Å². The van der Waals surface area contributed by atoms with E-state index < -0.39 is 17.1 Å². The van der Waals surface area contributed by atoms with Crippen molar-refractivity contribution in [2.45, 2.75) is 88.0 Å². The second-order valence-corrected chi connectivity index (χ2v) is 14.1. The van der Waals surface area contributed by atoms with Crippen molar-refractivity contribution in [1.82, 2.24) is 9.80 Å². The van der Waals surface area contributed by atoms with E-state index in [0.717, 1.165) is 43.0 Å². The third-order valence-corrected chi connectivity index (χ3v) is 11.1. The molecule has 2 unspecified atom stereocenters. The summed E-state index contributed by atoms with van der Waals surface area (Å²) in [6.07, 6.45) is 5.13. The molecule has 5 aliphatic rings. The monoisotopic (exact) mass is 584 g/mol. The predicted molar refractivity (Wildman–Crippen MR) is 155 cm³/mol. The molecule has 2 saturated carbocycles. The summed E-state index contributed by atoms with van der Waals surface area (Å²) in [5.41, 5.74) is 1.36. The van der Waals surface area contributed by atoms with Crippen LogP contribution in [-0.2, 0) is 23.1 Å². The molecule has 214 valence electrons. The van der Waals surface area contributed by atoms with Crippen LogP contribution in [0.2, 0.25) is 10.0 Å². The van der Waals surface area contributed by atoms with Crippen LogP contribution in [0.25, 0.3) is 0 Å². The first-order chi connectivity index (χ1) is 19.1. The Hall–Kier alpha value is -1.99. The van der Waals surface area contributed by atoms with E-state index in [2.05, 4.69) is 18.7 Å². The first-order valence-electron chi connectivity index (χ1n) is 14.8. The molecule has 3 fully saturated rings. The predicted octanol–water partition coefficient (Wildman–Crippen LogP) is 5.36. The van der Waals surface area contributed by atoms with E-state index in [9.17, 15) is 15.0 Å². The van der Waals surface area contributed by atoms with Gasteiger partial charge in [0.1, 0.15) is 6.10 Å². The number of aliphatic hydroxyl groups is 1. The van der Waals surface area contributed by atoms with E-state index in [4.69, 9.17) is 27.9 Å². The molecule has 2 aromatic carbocycles. The lowest BCUT2D eigenvalue weighted by atomic mass is 9.48. The fourth-order valence-electron chi connectivity index (χ4n) is 8.52. The van der Waals surface area contributed by atoms with Gasteiger partial charge in [-0.3, -0.25) is 9.69 Å².